The van der Waals surface area contributed by atoms with Crippen LogP contribution in [0.15, 0.2) is 36.8 Å². The van der Waals surface area contributed by atoms with E-state index in [-0.39, 0.29) is 0 Å². The standard InChI is InChI=1S/C15H11N3O/c1-3-10-7-17-15-13(10)6-12(9-18-15)11-4-5-14(19-2)16-8-11/h1,4-9H,2H3,(H,17,18). The maximum atomic E-state index is 5.46. The summed E-state index contributed by atoms with van der Waals surface area (Å²) in [6.45, 7) is 0. The lowest BCUT2D eigenvalue weighted by Gasteiger charge is -2.03. The molecule has 0 spiro atoms. The van der Waals surface area contributed by atoms with Crippen molar-refractivity contribution in [3.05, 3.63) is 42.4 Å². The molecule has 3 heterocycles. The molecule has 0 saturated carbocycles. The monoisotopic (exact) mass is 249 g/mol. The van der Waals surface area contributed by atoms with Crippen molar-refractivity contribution in [2.75, 3.05) is 7.11 Å². The zero-order chi connectivity index (χ0) is 13.2. The number of nitrogens with zero attached hydrogens (tertiary/aromatic N) is 2. The highest BCUT2D eigenvalue weighted by atomic mass is 16.5. The summed E-state index contributed by atoms with van der Waals surface area (Å²) in [5.74, 6) is 3.23. The molecule has 4 nitrogen and oxygen atoms in total. The lowest BCUT2D eigenvalue weighted by molar-refractivity contribution is 0.398. The molecule has 0 amide bonds. The van der Waals surface area contributed by atoms with Crippen molar-refractivity contribution in [2.24, 2.45) is 0 Å². The van der Waals surface area contributed by atoms with Crippen LogP contribution in [-0.4, -0.2) is 22.1 Å². The van der Waals surface area contributed by atoms with Crippen molar-refractivity contribution in [1.29, 1.82) is 0 Å². The van der Waals surface area contributed by atoms with Gasteiger partial charge >= 0.3 is 0 Å². The Balaban J connectivity index is 2.11. The first kappa shape index (κ1) is 11.3. The largest absolute Gasteiger partial charge is 0.481 e. The fourth-order valence-electron chi connectivity index (χ4n) is 1.95. The summed E-state index contributed by atoms with van der Waals surface area (Å²) in [5, 5.41) is 0.941. The van der Waals surface area contributed by atoms with Gasteiger partial charge in [0.1, 0.15) is 5.65 Å². The summed E-state index contributed by atoms with van der Waals surface area (Å²) in [5.41, 5.74) is 3.54. The fraction of sp³-hybridized carbons (Fsp3) is 0.0667. The second-order valence-electron chi connectivity index (χ2n) is 4.06. The first-order valence-corrected chi connectivity index (χ1v) is 5.76. The van der Waals surface area contributed by atoms with Crippen LogP contribution in [0.4, 0.5) is 0 Å². The van der Waals surface area contributed by atoms with Crippen LogP contribution in [-0.2, 0) is 0 Å². The van der Waals surface area contributed by atoms with Gasteiger partial charge in [-0.15, -0.1) is 6.42 Å². The molecule has 4 heteroatoms. The van der Waals surface area contributed by atoms with Crippen LogP contribution in [0.2, 0.25) is 0 Å². The van der Waals surface area contributed by atoms with Crippen LogP contribution >= 0.6 is 0 Å². The van der Waals surface area contributed by atoms with E-state index in [0.717, 1.165) is 27.7 Å². The van der Waals surface area contributed by atoms with Crippen molar-refractivity contribution >= 4 is 11.0 Å². The summed E-state index contributed by atoms with van der Waals surface area (Å²) < 4.78 is 5.04. The van der Waals surface area contributed by atoms with Gasteiger partial charge in [-0.3, -0.25) is 0 Å². The summed E-state index contributed by atoms with van der Waals surface area (Å²) in [6, 6.07) is 5.77. The predicted octanol–water partition coefficient (Wildman–Crippen LogP) is 2.61. The second-order valence-corrected chi connectivity index (χ2v) is 4.06. The Kier molecular flexibility index (Phi) is 2.66. The van der Waals surface area contributed by atoms with E-state index in [1.54, 1.807) is 25.7 Å². The van der Waals surface area contributed by atoms with E-state index in [1.807, 2.05) is 18.2 Å². The second kappa shape index (κ2) is 4.46. The fourth-order valence-corrected chi connectivity index (χ4v) is 1.95. The Morgan fingerprint density at radius 2 is 2.05 bits per heavy atom. The summed E-state index contributed by atoms with van der Waals surface area (Å²) >= 11 is 0. The minimum absolute atomic E-state index is 0.587. The maximum Gasteiger partial charge on any atom is 0.212 e. The van der Waals surface area contributed by atoms with E-state index < -0.39 is 0 Å². The smallest absolute Gasteiger partial charge is 0.212 e. The van der Waals surface area contributed by atoms with Crippen LogP contribution in [0.25, 0.3) is 22.2 Å². The van der Waals surface area contributed by atoms with E-state index in [2.05, 4.69) is 20.9 Å². The third-order valence-electron chi connectivity index (χ3n) is 2.97. The molecule has 0 bridgehead atoms. The van der Waals surface area contributed by atoms with Crippen LogP contribution in [0.5, 0.6) is 5.88 Å². The van der Waals surface area contributed by atoms with Gasteiger partial charge in [-0.1, -0.05) is 5.92 Å². The predicted molar refractivity (Wildman–Crippen MR) is 73.8 cm³/mol. The topological polar surface area (TPSA) is 50.8 Å². The van der Waals surface area contributed by atoms with E-state index in [4.69, 9.17) is 11.2 Å². The zero-order valence-corrected chi connectivity index (χ0v) is 10.3. The summed E-state index contributed by atoms with van der Waals surface area (Å²) in [7, 11) is 1.59. The highest BCUT2D eigenvalue weighted by molar-refractivity contribution is 5.86. The number of pyridine rings is 2. The Morgan fingerprint density at radius 1 is 1.21 bits per heavy atom. The van der Waals surface area contributed by atoms with Gasteiger partial charge in [0.15, 0.2) is 0 Å². The number of aromatic nitrogens is 3. The van der Waals surface area contributed by atoms with Crippen molar-refractivity contribution in [3.8, 4) is 29.4 Å². The molecule has 0 atom stereocenters. The molecule has 0 aliphatic carbocycles. The molecule has 0 aliphatic rings. The Labute approximate surface area is 110 Å². The van der Waals surface area contributed by atoms with Crippen LogP contribution < -0.4 is 4.74 Å². The number of ether oxygens (including phenoxy) is 1. The quantitative estimate of drug-likeness (QED) is 0.710. The number of terminal acetylenes is 1. The van der Waals surface area contributed by atoms with Crippen molar-refractivity contribution in [3.63, 3.8) is 0 Å². The number of methoxy groups -OCH3 is 1. The molecule has 92 valence electrons. The zero-order valence-electron chi connectivity index (χ0n) is 10.3. The van der Waals surface area contributed by atoms with E-state index >= 15 is 0 Å². The van der Waals surface area contributed by atoms with Gasteiger partial charge in [-0.25, -0.2) is 9.97 Å². The summed E-state index contributed by atoms with van der Waals surface area (Å²) in [4.78, 5) is 11.6. The van der Waals surface area contributed by atoms with Gasteiger partial charge in [0.25, 0.3) is 0 Å². The van der Waals surface area contributed by atoms with Crippen molar-refractivity contribution in [1.82, 2.24) is 15.0 Å². The lowest BCUT2D eigenvalue weighted by atomic mass is 10.1. The number of H-pyrrole nitrogens is 1. The number of hydrogen-bond donors (Lipinski definition) is 1. The summed E-state index contributed by atoms with van der Waals surface area (Å²) in [6.07, 6.45) is 10.8. The first-order chi connectivity index (χ1) is 9.31. The molecular formula is C15H11N3O. The molecule has 3 rings (SSSR count). The Hall–Kier alpha value is -2.80. The Bertz CT molecular complexity index is 766. The minimum Gasteiger partial charge on any atom is -0.481 e. The highest BCUT2D eigenvalue weighted by Gasteiger charge is 2.06. The van der Waals surface area contributed by atoms with Crippen LogP contribution in [0.3, 0.4) is 0 Å². The molecule has 0 unspecified atom stereocenters. The molecule has 0 aliphatic heterocycles. The minimum atomic E-state index is 0.587. The SMILES string of the molecule is C#Cc1c[nH]c2ncc(-c3ccc(OC)nc3)cc12. The van der Waals surface area contributed by atoms with E-state index in [0.29, 0.717) is 5.88 Å². The van der Waals surface area contributed by atoms with Crippen LogP contribution in [0, 0.1) is 12.3 Å². The third kappa shape index (κ3) is 1.91. The van der Waals surface area contributed by atoms with Gasteiger partial charge in [0, 0.05) is 41.2 Å². The number of nitrogens with one attached hydrogen (secondary N) is 1. The van der Waals surface area contributed by atoms with Gasteiger partial charge < -0.3 is 9.72 Å². The molecular weight excluding hydrogens is 238 g/mol. The lowest BCUT2D eigenvalue weighted by Crippen LogP contribution is -1.88. The molecule has 3 aromatic heterocycles. The van der Waals surface area contributed by atoms with Crippen molar-refractivity contribution in [2.45, 2.75) is 0 Å². The molecule has 0 saturated heterocycles. The van der Waals surface area contributed by atoms with Crippen LogP contribution in [0.1, 0.15) is 5.56 Å². The molecule has 0 aromatic carbocycles. The van der Waals surface area contributed by atoms with Gasteiger partial charge in [0.2, 0.25) is 5.88 Å². The molecule has 19 heavy (non-hydrogen) atoms. The number of fused-ring (bicyclic) bond motifs is 1. The average Bonchev–Trinajstić information content (AvgIpc) is 2.89. The van der Waals surface area contributed by atoms with Gasteiger partial charge in [-0.2, -0.15) is 0 Å². The van der Waals surface area contributed by atoms with Crippen molar-refractivity contribution < 1.29 is 4.74 Å². The number of hydrogen-bond acceptors (Lipinski definition) is 3. The third-order valence-corrected chi connectivity index (χ3v) is 2.97. The molecule has 3 aromatic rings. The van der Waals surface area contributed by atoms with E-state index in [1.165, 1.54) is 0 Å². The van der Waals surface area contributed by atoms with E-state index in [9.17, 15) is 0 Å². The number of rotatable bonds is 2. The first-order valence-electron chi connectivity index (χ1n) is 5.76. The molecule has 0 radical (unpaired) electrons. The normalized spacial score (nSPS) is 10.3. The molecule has 0 fully saturated rings. The van der Waals surface area contributed by atoms with Gasteiger partial charge in [0.05, 0.1) is 12.7 Å². The highest BCUT2D eigenvalue weighted by Crippen LogP contribution is 2.24. The Morgan fingerprint density at radius 3 is 2.74 bits per heavy atom. The number of aromatic amines is 1. The van der Waals surface area contributed by atoms with Gasteiger partial charge in [-0.05, 0) is 12.1 Å². The maximum absolute atomic E-state index is 5.46. The molecule has 1 N–H and O–H groups in total. The average molecular weight is 249 g/mol.